The molecule has 2 atom stereocenters. The Morgan fingerprint density at radius 2 is 2.31 bits per heavy atom. The third kappa shape index (κ3) is 5.25. The minimum absolute atomic E-state index is 0.190. The molecule has 1 aliphatic heterocycles. The summed E-state index contributed by atoms with van der Waals surface area (Å²) in [6.45, 7) is 3.59. The third-order valence-electron chi connectivity index (χ3n) is 3.22. The maximum atomic E-state index is 5.71. The Hall–Kier alpha value is -0.160. The molecule has 4 nitrogen and oxygen atoms in total. The summed E-state index contributed by atoms with van der Waals surface area (Å²) in [6, 6.07) is 0. The van der Waals surface area contributed by atoms with Crippen molar-refractivity contribution in [2.75, 3.05) is 40.4 Å². The minimum atomic E-state index is 0.190. The van der Waals surface area contributed by atoms with Gasteiger partial charge in [-0.3, -0.25) is 0 Å². The van der Waals surface area contributed by atoms with Gasteiger partial charge in [0.15, 0.2) is 0 Å². The van der Waals surface area contributed by atoms with Crippen LogP contribution < -0.4 is 5.73 Å². The second-order valence-electron chi connectivity index (χ2n) is 4.63. The maximum absolute atomic E-state index is 5.71. The zero-order chi connectivity index (χ0) is 11.8. The highest BCUT2D eigenvalue weighted by Crippen LogP contribution is 2.13. The van der Waals surface area contributed by atoms with Crippen LogP contribution in [0, 0.1) is 0 Å². The van der Waals surface area contributed by atoms with Crippen molar-refractivity contribution in [3.8, 4) is 0 Å². The summed E-state index contributed by atoms with van der Waals surface area (Å²) in [5.74, 6) is 0. The van der Waals surface area contributed by atoms with Crippen molar-refractivity contribution in [3.63, 3.8) is 0 Å². The lowest BCUT2D eigenvalue weighted by Gasteiger charge is -2.28. The predicted molar refractivity (Wildman–Crippen MR) is 65.6 cm³/mol. The van der Waals surface area contributed by atoms with Crippen LogP contribution in [0.5, 0.6) is 0 Å². The van der Waals surface area contributed by atoms with E-state index in [-0.39, 0.29) is 6.10 Å². The number of hydrogen-bond acceptors (Lipinski definition) is 4. The van der Waals surface area contributed by atoms with E-state index in [1.165, 1.54) is 19.3 Å². The molecule has 1 saturated heterocycles. The van der Waals surface area contributed by atoms with E-state index in [9.17, 15) is 0 Å². The normalized spacial score (nSPS) is 23.6. The van der Waals surface area contributed by atoms with Gasteiger partial charge in [-0.2, -0.15) is 0 Å². The zero-order valence-corrected chi connectivity index (χ0v) is 10.7. The molecule has 0 amide bonds. The molecule has 1 heterocycles. The molecule has 0 aromatic heterocycles. The van der Waals surface area contributed by atoms with E-state index in [2.05, 4.69) is 11.9 Å². The van der Waals surface area contributed by atoms with E-state index >= 15 is 0 Å². The van der Waals surface area contributed by atoms with Crippen LogP contribution in [-0.4, -0.2) is 57.5 Å². The van der Waals surface area contributed by atoms with Gasteiger partial charge in [-0.05, 0) is 32.7 Å². The van der Waals surface area contributed by atoms with Crippen LogP contribution in [0.25, 0.3) is 0 Å². The van der Waals surface area contributed by atoms with Crippen molar-refractivity contribution in [3.05, 3.63) is 0 Å². The first-order valence-corrected chi connectivity index (χ1v) is 6.29. The Morgan fingerprint density at radius 1 is 1.50 bits per heavy atom. The summed E-state index contributed by atoms with van der Waals surface area (Å²) in [5, 5.41) is 0. The minimum Gasteiger partial charge on any atom is -0.380 e. The number of methoxy groups -OCH3 is 1. The Bertz CT molecular complexity index is 168. The Labute approximate surface area is 99.1 Å². The number of ether oxygens (including phenoxy) is 2. The van der Waals surface area contributed by atoms with Crippen molar-refractivity contribution < 1.29 is 9.47 Å². The van der Waals surface area contributed by atoms with Gasteiger partial charge in [0, 0.05) is 33.4 Å². The highest BCUT2D eigenvalue weighted by Gasteiger charge is 2.16. The van der Waals surface area contributed by atoms with Crippen molar-refractivity contribution >= 4 is 0 Å². The highest BCUT2D eigenvalue weighted by molar-refractivity contribution is 4.69. The van der Waals surface area contributed by atoms with Gasteiger partial charge < -0.3 is 20.1 Å². The van der Waals surface area contributed by atoms with Crippen LogP contribution in [0.2, 0.25) is 0 Å². The van der Waals surface area contributed by atoms with Crippen LogP contribution in [0.1, 0.15) is 25.7 Å². The van der Waals surface area contributed by atoms with Gasteiger partial charge in [0.1, 0.15) is 0 Å². The molecule has 0 saturated carbocycles. The molecule has 16 heavy (non-hydrogen) atoms. The Balaban J connectivity index is 2.11. The van der Waals surface area contributed by atoms with E-state index in [1.807, 2.05) is 0 Å². The molecule has 0 bridgehead atoms. The molecular weight excluding hydrogens is 204 g/mol. The molecule has 0 aromatic carbocycles. The quantitative estimate of drug-likeness (QED) is 0.704. The van der Waals surface area contributed by atoms with E-state index in [4.69, 9.17) is 15.2 Å². The Kier molecular flexibility index (Phi) is 6.96. The van der Waals surface area contributed by atoms with Crippen LogP contribution in [0.15, 0.2) is 0 Å². The maximum Gasteiger partial charge on any atom is 0.0705 e. The number of nitrogens with zero attached hydrogens (tertiary/aromatic N) is 1. The summed E-state index contributed by atoms with van der Waals surface area (Å²) >= 11 is 0. The second-order valence-corrected chi connectivity index (χ2v) is 4.63. The first-order chi connectivity index (χ1) is 7.76. The first-order valence-electron chi connectivity index (χ1n) is 6.29. The molecule has 1 aliphatic rings. The summed E-state index contributed by atoms with van der Waals surface area (Å²) in [6.07, 6.45) is 5.35. The topological polar surface area (TPSA) is 47.7 Å². The molecule has 1 rings (SSSR count). The lowest BCUT2D eigenvalue weighted by molar-refractivity contribution is -0.00401. The Morgan fingerprint density at radius 3 is 2.88 bits per heavy atom. The van der Waals surface area contributed by atoms with Gasteiger partial charge in [0.25, 0.3) is 0 Å². The van der Waals surface area contributed by atoms with Gasteiger partial charge in [-0.25, -0.2) is 0 Å². The van der Waals surface area contributed by atoms with Crippen LogP contribution in [-0.2, 0) is 9.47 Å². The van der Waals surface area contributed by atoms with Gasteiger partial charge in [-0.15, -0.1) is 0 Å². The highest BCUT2D eigenvalue weighted by atomic mass is 16.5. The zero-order valence-electron chi connectivity index (χ0n) is 10.7. The lowest BCUT2D eigenvalue weighted by atomic mass is 10.1. The molecule has 0 radical (unpaired) electrons. The average Bonchev–Trinajstić information content (AvgIpc) is 2.31. The molecule has 0 spiro atoms. The largest absolute Gasteiger partial charge is 0.380 e. The van der Waals surface area contributed by atoms with Crippen molar-refractivity contribution in [2.24, 2.45) is 5.73 Å². The summed E-state index contributed by atoms with van der Waals surface area (Å²) in [5.41, 5.74) is 5.59. The molecule has 4 heteroatoms. The molecular formula is C12H26N2O2. The van der Waals surface area contributed by atoms with E-state index in [1.54, 1.807) is 7.11 Å². The fraction of sp³-hybridized carbons (Fsp3) is 1.00. The van der Waals surface area contributed by atoms with Crippen molar-refractivity contribution in [2.45, 2.75) is 37.9 Å². The predicted octanol–water partition coefficient (Wildman–Crippen LogP) is 0.851. The standard InChI is InChI=1S/C12H26N2O2/c1-14(7-6-11(9-13)15-2)10-12-5-3-4-8-16-12/h11-12H,3-10,13H2,1-2H3. The van der Waals surface area contributed by atoms with E-state index in [0.29, 0.717) is 12.6 Å². The molecule has 2 N–H and O–H groups in total. The van der Waals surface area contributed by atoms with Crippen LogP contribution >= 0.6 is 0 Å². The van der Waals surface area contributed by atoms with E-state index < -0.39 is 0 Å². The number of nitrogens with two attached hydrogens (primary N) is 1. The molecule has 2 unspecified atom stereocenters. The number of likely N-dealkylation sites (N-methyl/N-ethyl adjacent to an activating group) is 1. The first kappa shape index (κ1) is 13.9. The molecule has 1 fully saturated rings. The summed E-state index contributed by atoms with van der Waals surface area (Å²) in [7, 11) is 3.86. The van der Waals surface area contributed by atoms with E-state index in [0.717, 1.165) is 26.1 Å². The van der Waals surface area contributed by atoms with Gasteiger partial charge >= 0.3 is 0 Å². The lowest BCUT2D eigenvalue weighted by Crippen LogP contribution is -2.36. The molecule has 96 valence electrons. The fourth-order valence-electron chi connectivity index (χ4n) is 2.09. The fourth-order valence-corrected chi connectivity index (χ4v) is 2.09. The smallest absolute Gasteiger partial charge is 0.0705 e. The number of rotatable bonds is 7. The van der Waals surface area contributed by atoms with Crippen molar-refractivity contribution in [1.29, 1.82) is 0 Å². The number of hydrogen-bond donors (Lipinski definition) is 1. The van der Waals surface area contributed by atoms with Crippen LogP contribution in [0.4, 0.5) is 0 Å². The van der Waals surface area contributed by atoms with Gasteiger partial charge in [0.05, 0.1) is 12.2 Å². The SMILES string of the molecule is COC(CN)CCN(C)CC1CCCCO1. The summed E-state index contributed by atoms with van der Waals surface area (Å²) in [4.78, 5) is 2.32. The molecule has 0 aromatic rings. The second kappa shape index (κ2) is 8.01. The third-order valence-corrected chi connectivity index (χ3v) is 3.22. The molecule has 0 aliphatic carbocycles. The van der Waals surface area contributed by atoms with Gasteiger partial charge in [0.2, 0.25) is 0 Å². The summed E-state index contributed by atoms with van der Waals surface area (Å²) < 4.78 is 11.0. The van der Waals surface area contributed by atoms with Gasteiger partial charge in [-0.1, -0.05) is 0 Å². The average molecular weight is 230 g/mol. The monoisotopic (exact) mass is 230 g/mol. The van der Waals surface area contributed by atoms with Crippen molar-refractivity contribution in [1.82, 2.24) is 4.90 Å². The van der Waals surface area contributed by atoms with Crippen LogP contribution in [0.3, 0.4) is 0 Å².